The number of hydrogen-bond donors (Lipinski definition) is 9. The fraction of sp³-hybridized carbons (Fsp3) is 0.204. The highest BCUT2D eigenvalue weighted by Gasteiger charge is 2.21. The predicted molar refractivity (Wildman–Crippen MR) is 559 cm³/mol. The largest absolute Gasteiger partial charge is 0.492 e. The Kier molecular flexibility index (Phi) is 50.7. The lowest BCUT2D eigenvalue weighted by Crippen LogP contribution is -2.13. The second-order valence-electron chi connectivity index (χ2n) is 30.8. The third kappa shape index (κ3) is 40.9. The van der Waals surface area contributed by atoms with E-state index in [1.165, 1.54) is 73.2 Å². The number of likely N-dealkylation sites (N-methyl/N-ethyl adjacent to an activating group) is 4. The van der Waals surface area contributed by atoms with Crippen LogP contribution in [0.5, 0.6) is 34.5 Å². The van der Waals surface area contributed by atoms with Gasteiger partial charge in [-0.05, 0) is 221 Å². The van der Waals surface area contributed by atoms with Crippen LogP contribution in [0.25, 0.3) is 32.7 Å². The van der Waals surface area contributed by atoms with Crippen molar-refractivity contribution in [1.82, 2.24) is 34.6 Å². The van der Waals surface area contributed by atoms with Crippen molar-refractivity contribution >= 4 is 190 Å². The summed E-state index contributed by atoms with van der Waals surface area (Å²) in [6.45, 7) is 9.95. The molecule has 143 heavy (non-hydrogen) atoms. The van der Waals surface area contributed by atoms with E-state index in [1.807, 2.05) is 96.8 Å². The van der Waals surface area contributed by atoms with E-state index in [0.717, 1.165) is 12.6 Å². The van der Waals surface area contributed by atoms with Gasteiger partial charge in [0.05, 0.1) is 102 Å². The van der Waals surface area contributed by atoms with Gasteiger partial charge in [0.25, 0.3) is 0 Å². The molecular formula is C103H105Cl6F3N16O15. The molecule has 0 aliphatic heterocycles. The molecule has 10 N–H and O–H groups in total. The molecule has 0 radical (unpaired) electrons. The minimum absolute atomic E-state index is 0. The first-order chi connectivity index (χ1) is 67.4. The fourth-order valence-electron chi connectivity index (χ4n) is 12.2. The van der Waals surface area contributed by atoms with Gasteiger partial charge < -0.3 is 95.7 Å². The van der Waals surface area contributed by atoms with Crippen molar-refractivity contribution < 1.29 is 85.7 Å². The third-order valence-corrected chi connectivity index (χ3v) is 19.5. The van der Waals surface area contributed by atoms with Crippen molar-refractivity contribution in [2.24, 2.45) is 0 Å². The molecule has 3 heterocycles. The average molecular weight is 2080 g/mol. The van der Waals surface area contributed by atoms with E-state index < -0.39 is 23.2 Å². The van der Waals surface area contributed by atoms with Crippen molar-refractivity contribution in [2.45, 2.75) is 40.6 Å². The number of halogens is 9. The number of amides is 2. The van der Waals surface area contributed by atoms with Crippen LogP contribution in [0.4, 0.5) is 64.4 Å². The third-order valence-electron chi connectivity index (χ3n) is 18.5. The molecule has 0 saturated carbocycles. The minimum atomic E-state index is -1.26. The molecule has 12 aromatic rings. The number of fused-ring (bicyclic) bond motifs is 3. The Bertz CT molecular complexity index is 6410. The van der Waals surface area contributed by atoms with Crippen molar-refractivity contribution in [2.75, 3.05) is 135 Å². The number of carbonyl (C=O) groups is 6. The number of carbonyl (C=O) groups excluding carboxylic acids is 3. The first-order valence-electron chi connectivity index (χ1n) is 42.9. The average Bonchev–Trinajstić information content (AvgIpc) is 0.770. The number of nitrogens with zero attached hydrogens (tertiary/aromatic N) is 10. The lowest BCUT2D eigenvalue weighted by Gasteiger charge is -2.16. The Hall–Kier alpha value is -15.2. The molecule has 12 rings (SSSR count). The summed E-state index contributed by atoms with van der Waals surface area (Å²) < 4.78 is 74.7. The minimum Gasteiger partial charge on any atom is -0.492 e. The number of benzene rings is 9. The Morgan fingerprint density at radius 1 is 0.392 bits per heavy atom. The van der Waals surface area contributed by atoms with Gasteiger partial charge in [-0.2, -0.15) is 15.8 Å². The second kappa shape index (κ2) is 61.4. The van der Waals surface area contributed by atoms with Gasteiger partial charge in [0.15, 0.2) is 0 Å². The Balaban J connectivity index is 0.000000334. The van der Waals surface area contributed by atoms with E-state index in [0.29, 0.717) is 218 Å². The number of anilines is 9. The zero-order valence-corrected chi connectivity index (χ0v) is 84.1. The van der Waals surface area contributed by atoms with Crippen molar-refractivity contribution in [3.8, 4) is 52.7 Å². The molecule has 3 aromatic heterocycles. The van der Waals surface area contributed by atoms with Gasteiger partial charge in [0.2, 0.25) is 17.1 Å². The number of nitrogens with two attached hydrogens (primary N) is 1. The molecule has 31 nitrogen and oxygen atoms in total. The number of pyridine rings is 3. The molecule has 2 amide bonds. The molecule has 0 aliphatic carbocycles. The van der Waals surface area contributed by atoms with Gasteiger partial charge in [-0.15, -0.1) is 24.8 Å². The zero-order valence-electron chi connectivity index (χ0n) is 79.4. The number of hydrogen-bond acceptors (Lipinski definition) is 26. The number of aliphatic carboxylic acids is 3. The number of carboxylic acid groups (broad SMARTS) is 3. The maximum Gasteiger partial charge on any atom is 0.328 e. The normalized spacial score (nSPS) is 10.7. The number of nitrogens with one attached hydrogen (secondary N) is 5. The second-order valence-corrected chi connectivity index (χ2v) is 32.4. The molecule has 0 saturated heterocycles. The van der Waals surface area contributed by atoms with Crippen molar-refractivity contribution in [1.29, 1.82) is 15.8 Å². The molecule has 0 fully saturated rings. The van der Waals surface area contributed by atoms with Gasteiger partial charge in [0.1, 0.15) is 90.0 Å². The zero-order chi connectivity index (χ0) is 103. The summed E-state index contributed by atoms with van der Waals surface area (Å²) in [6, 6.07) is 50.7. The monoisotopic (exact) mass is 2070 g/mol. The van der Waals surface area contributed by atoms with Crippen LogP contribution in [0.15, 0.2) is 243 Å². The molecule has 0 aliphatic rings. The van der Waals surface area contributed by atoms with E-state index in [2.05, 4.69) is 59.7 Å². The molecule has 750 valence electrons. The standard InChI is InChI=1S/2C31H29ClFN5O3.C25H20ClFN4O2.C6H10ClNO.C6H11NO2.C4H4O4.2ClH/c2*1-4-40-29-16-26-24(15-27(29)37-30(39)9-6-12-38(2)3)31(21(17-34)18-35-26)36-23-10-11-28(25(32)14-23)41-19-20-7-5-8-22(33)13-20;1-2-32-24-11-22-19(10-21(24)29)25(16(12-28)13-30-22)31-18-6-7-23(20(26)9-18)33-14-15-4-3-5-17(27)8-15;1-8(2)5-3-4-6(7)9;1-7(2)5-3-4-6(8)9;5-3(6)1-2-4(7)8;;/h2*5-11,13-16,18H,4,12,19H2,1-3H3,(H,35,36)(H,37,39);3-11,13H,2,14,29H2,1H3,(H,30,31);3-4H,5H2,1-2H3;3-4H,5H2,1-2H3,(H,8,9);1-2H,(H,5,6)(H,7,8);2*1H/b2*9-6+;;2*4-3+;2-1-;;. The predicted octanol–water partition coefficient (Wildman–Crippen LogP) is 21.2. The van der Waals surface area contributed by atoms with Crippen molar-refractivity contribution in [3.63, 3.8) is 0 Å². The summed E-state index contributed by atoms with van der Waals surface area (Å²) in [6.07, 6.45) is 17.8. The Labute approximate surface area is 857 Å². The number of nitriles is 3. The van der Waals surface area contributed by atoms with Crippen molar-refractivity contribution in [3.05, 3.63) is 309 Å². The Morgan fingerprint density at radius 2 is 0.685 bits per heavy atom. The first kappa shape index (κ1) is 118. The highest BCUT2D eigenvalue weighted by atomic mass is 35.5. The van der Waals surface area contributed by atoms with Gasteiger partial charge in [-0.3, -0.25) is 29.3 Å². The summed E-state index contributed by atoms with van der Waals surface area (Å²) in [5.41, 5.74) is 15.6. The highest BCUT2D eigenvalue weighted by molar-refractivity contribution is 6.66. The Morgan fingerprint density at radius 3 is 0.965 bits per heavy atom. The van der Waals surface area contributed by atoms with E-state index in [1.54, 1.807) is 152 Å². The number of carboxylic acids is 3. The fourth-order valence-corrected chi connectivity index (χ4v) is 13.0. The summed E-state index contributed by atoms with van der Waals surface area (Å²) in [7, 11) is 15.2. The lowest BCUT2D eigenvalue weighted by molar-refractivity contribution is -0.134. The van der Waals surface area contributed by atoms with Crippen LogP contribution >= 0.6 is 71.2 Å². The van der Waals surface area contributed by atoms with Crippen LogP contribution in [0.1, 0.15) is 54.2 Å². The van der Waals surface area contributed by atoms with Gasteiger partial charge in [-0.25, -0.2) is 27.6 Å². The van der Waals surface area contributed by atoms with Gasteiger partial charge >= 0.3 is 17.9 Å². The highest BCUT2D eigenvalue weighted by Crippen LogP contribution is 2.42. The van der Waals surface area contributed by atoms with Crippen LogP contribution in [-0.2, 0) is 48.6 Å². The van der Waals surface area contributed by atoms with Crippen LogP contribution in [0.3, 0.4) is 0 Å². The summed E-state index contributed by atoms with van der Waals surface area (Å²) in [5.74, 6) is -2.28. The van der Waals surface area contributed by atoms with Crippen LogP contribution in [0.2, 0.25) is 15.1 Å². The maximum absolute atomic E-state index is 13.5. The van der Waals surface area contributed by atoms with Crippen LogP contribution < -0.4 is 60.7 Å². The molecule has 40 heteroatoms. The molecule has 0 spiro atoms. The number of nitrogen functional groups attached to an aromatic ring is 1. The van der Waals surface area contributed by atoms with Gasteiger partial charge in [0, 0.05) is 127 Å². The quantitative estimate of drug-likeness (QED) is 0.00992. The smallest absolute Gasteiger partial charge is 0.328 e. The SMILES string of the molecule is CCOc1cc2ncc(C#N)c(Nc3ccc(OCc4cccc(F)c4)c(Cl)c3)c2cc1N.CCOc1cc2ncc(C#N)c(Nc3ccc(OCc4cccc(F)c4)c(Cl)c3)c2cc1NC(=O)/C=C/CN(C)C.CCOc1cc2ncc(C#N)c(Nc3ccc(OCc4cccc(F)c4)c(Cl)c3)c2cc1NC(=O)/C=C/CN(C)C.CN(C)C/C=C/C(=O)Cl.CN(C)C/C=C/C(=O)O.Cl.Cl.O=C(O)/C=C\C(=O)O. The maximum atomic E-state index is 13.5. The number of ether oxygens (including phenoxy) is 6. The lowest BCUT2D eigenvalue weighted by atomic mass is 10.1. The number of allylic oxidation sites excluding steroid dienone is 1. The van der Waals surface area contributed by atoms with E-state index >= 15 is 0 Å². The number of aromatic nitrogens is 3. The first-order valence-corrected chi connectivity index (χ1v) is 44.4. The van der Waals surface area contributed by atoms with Crippen LogP contribution in [-0.4, -0.2) is 187 Å². The molecule has 0 atom stereocenters. The number of rotatable bonds is 37. The molecule has 9 aromatic carbocycles. The molecule has 0 bridgehead atoms. The van der Waals surface area contributed by atoms with Gasteiger partial charge in [-0.1, -0.05) is 95.5 Å². The summed E-state index contributed by atoms with van der Waals surface area (Å²) in [5, 5.41) is 71.0. The van der Waals surface area contributed by atoms with E-state index in [-0.39, 0.29) is 73.9 Å². The van der Waals surface area contributed by atoms with Crippen LogP contribution in [0, 0.1) is 51.4 Å². The summed E-state index contributed by atoms with van der Waals surface area (Å²) in [4.78, 5) is 85.2. The van der Waals surface area contributed by atoms with E-state index in [9.17, 15) is 57.7 Å². The van der Waals surface area contributed by atoms with E-state index in [4.69, 9.17) is 95.9 Å². The topological polar surface area (TPSA) is 428 Å². The molecule has 0 unspecified atom stereocenters. The summed E-state index contributed by atoms with van der Waals surface area (Å²) >= 11 is 24.4. The molecular weight excluding hydrogens is 1970 g/mol.